The molecule has 2 N–H and O–H groups in total. The molecule has 0 unspecified atom stereocenters. The van der Waals surface area contributed by atoms with Crippen LogP contribution in [0, 0.1) is 5.41 Å². The summed E-state index contributed by atoms with van der Waals surface area (Å²) in [5.41, 5.74) is 3.71. The fourth-order valence-electron chi connectivity index (χ4n) is 1.61. The van der Waals surface area contributed by atoms with Gasteiger partial charge in [0, 0.05) is 11.8 Å². The van der Waals surface area contributed by atoms with Crippen LogP contribution in [0.4, 0.5) is 0 Å². The maximum atomic E-state index is 12.1. The number of primary amides is 1. The molecule has 124 valence electrons. The normalized spacial score (nSPS) is 13.3. The van der Waals surface area contributed by atoms with Crippen LogP contribution in [0.3, 0.4) is 0 Å². The summed E-state index contributed by atoms with van der Waals surface area (Å²) >= 11 is 0. The Kier molecular flexibility index (Phi) is 7.03. The monoisotopic (exact) mass is 301 g/mol. The van der Waals surface area contributed by atoms with E-state index in [1.165, 1.54) is 0 Å². The smallest absolute Gasteiger partial charge is 0.243 e. The van der Waals surface area contributed by atoms with E-state index in [0.29, 0.717) is 19.4 Å². The Morgan fingerprint density at radius 3 is 1.86 bits per heavy atom. The molecular weight excluding hydrogens is 270 g/mol. The highest BCUT2D eigenvalue weighted by Gasteiger charge is 2.30. The Hall–Kier alpha value is -0.940. The molecule has 0 aliphatic heterocycles. The fraction of sp³-hybridized carbons (Fsp3) is 0.875. The number of carbonyl (C=O) groups is 2. The van der Waals surface area contributed by atoms with Gasteiger partial charge in [-0.1, -0.05) is 20.8 Å². The third kappa shape index (κ3) is 9.58. The van der Waals surface area contributed by atoms with Crippen molar-refractivity contribution in [1.82, 2.24) is 0 Å². The lowest BCUT2D eigenvalue weighted by atomic mass is 9.84. The lowest BCUT2D eigenvalue weighted by molar-refractivity contribution is -0.136. The number of rotatable bonds is 9. The number of carbonyl (C=O) groups excluding carboxylic acids is 2. The first-order valence-electron chi connectivity index (χ1n) is 7.35. The van der Waals surface area contributed by atoms with Crippen molar-refractivity contribution in [3.05, 3.63) is 0 Å². The second-order valence-corrected chi connectivity index (χ2v) is 7.72. The molecule has 0 heterocycles. The highest BCUT2D eigenvalue weighted by molar-refractivity contribution is 5.84. The lowest BCUT2D eigenvalue weighted by Crippen LogP contribution is -2.36. The number of Topliss-reactive ketones (excluding diaryl/α,β-unsaturated/α-hetero) is 1. The zero-order valence-electron chi connectivity index (χ0n) is 14.5. The highest BCUT2D eigenvalue weighted by atomic mass is 16.5. The van der Waals surface area contributed by atoms with Gasteiger partial charge in [0.1, 0.15) is 12.4 Å². The predicted molar refractivity (Wildman–Crippen MR) is 83.0 cm³/mol. The van der Waals surface area contributed by atoms with Crippen molar-refractivity contribution in [3.8, 4) is 0 Å². The Bertz CT molecular complexity index is 367. The molecule has 0 saturated carbocycles. The Balaban J connectivity index is 4.25. The van der Waals surface area contributed by atoms with E-state index < -0.39 is 17.1 Å². The standard InChI is InChI=1S/C16H31NO4/c1-14(2,3)12(18)10-16(6,7)20-9-8-15(4,5)21-11-13(17)19/h8-11H2,1-7H3,(H2,17,19). The lowest BCUT2D eigenvalue weighted by Gasteiger charge is -2.30. The van der Waals surface area contributed by atoms with E-state index in [-0.39, 0.29) is 17.8 Å². The average molecular weight is 301 g/mol. The first-order chi connectivity index (χ1) is 9.25. The molecule has 21 heavy (non-hydrogen) atoms. The van der Waals surface area contributed by atoms with E-state index in [4.69, 9.17) is 15.2 Å². The summed E-state index contributed by atoms with van der Waals surface area (Å²) in [6.07, 6.45) is 0.993. The molecule has 0 radical (unpaired) electrons. The predicted octanol–water partition coefficient (Wildman–Crippen LogP) is 2.46. The summed E-state index contributed by atoms with van der Waals surface area (Å²) in [4.78, 5) is 22.8. The van der Waals surface area contributed by atoms with E-state index >= 15 is 0 Å². The number of nitrogens with two attached hydrogens (primary N) is 1. The summed E-state index contributed by atoms with van der Waals surface area (Å²) in [5, 5.41) is 0. The van der Waals surface area contributed by atoms with E-state index in [0.717, 1.165) is 0 Å². The minimum absolute atomic E-state index is 0.0983. The quantitative estimate of drug-likeness (QED) is 0.709. The maximum Gasteiger partial charge on any atom is 0.243 e. The van der Waals surface area contributed by atoms with Crippen LogP contribution in [-0.4, -0.2) is 36.1 Å². The van der Waals surface area contributed by atoms with Gasteiger partial charge in [0.15, 0.2) is 0 Å². The number of ketones is 1. The number of ether oxygens (including phenoxy) is 2. The largest absolute Gasteiger partial charge is 0.375 e. The van der Waals surface area contributed by atoms with Gasteiger partial charge < -0.3 is 15.2 Å². The van der Waals surface area contributed by atoms with Crippen LogP contribution in [0.1, 0.15) is 61.3 Å². The molecule has 0 rings (SSSR count). The number of hydrogen-bond acceptors (Lipinski definition) is 4. The van der Waals surface area contributed by atoms with Gasteiger partial charge in [0.2, 0.25) is 5.91 Å². The molecule has 0 bridgehead atoms. The highest BCUT2D eigenvalue weighted by Crippen LogP contribution is 2.25. The van der Waals surface area contributed by atoms with Gasteiger partial charge in [-0.25, -0.2) is 0 Å². The molecule has 0 aliphatic rings. The van der Waals surface area contributed by atoms with Gasteiger partial charge >= 0.3 is 0 Å². The van der Waals surface area contributed by atoms with Crippen LogP contribution in [0.2, 0.25) is 0 Å². The average Bonchev–Trinajstić information content (AvgIpc) is 2.24. The van der Waals surface area contributed by atoms with Crippen molar-refractivity contribution in [1.29, 1.82) is 0 Å². The first-order valence-corrected chi connectivity index (χ1v) is 7.35. The molecule has 0 spiro atoms. The van der Waals surface area contributed by atoms with E-state index in [1.54, 1.807) is 0 Å². The summed E-state index contributed by atoms with van der Waals surface area (Å²) in [5.74, 6) is -0.308. The van der Waals surface area contributed by atoms with E-state index in [9.17, 15) is 9.59 Å². The molecule has 1 amide bonds. The molecule has 5 heteroatoms. The maximum absolute atomic E-state index is 12.1. The molecule has 0 aliphatic carbocycles. The molecule has 0 aromatic carbocycles. The van der Waals surface area contributed by atoms with Gasteiger partial charge in [-0.15, -0.1) is 0 Å². The van der Waals surface area contributed by atoms with Gasteiger partial charge in [0.25, 0.3) is 0 Å². The number of hydrogen-bond donors (Lipinski definition) is 1. The minimum Gasteiger partial charge on any atom is -0.375 e. The van der Waals surface area contributed by atoms with Crippen molar-refractivity contribution >= 4 is 11.7 Å². The second-order valence-electron chi connectivity index (χ2n) is 7.72. The zero-order valence-corrected chi connectivity index (χ0v) is 14.5. The van der Waals surface area contributed by atoms with Crippen LogP contribution >= 0.6 is 0 Å². The van der Waals surface area contributed by atoms with Gasteiger partial charge in [-0.3, -0.25) is 9.59 Å². The summed E-state index contributed by atoms with van der Waals surface area (Å²) < 4.78 is 11.2. The van der Waals surface area contributed by atoms with Crippen LogP contribution in [-0.2, 0) is 19.1 Å². The number of amides is 1. The molecule has 0 fully saturated rings. The van der Waals surface area contributed by atoms with Crippen molar-refractivity contribution < 1.29 is 19.1 Å². The molecule has 0 atom stereocenters. The molecular formula is C16H31NO4. The topological polar surface area (TPSA) is 78.6 Å². The third-order valence-electron chi connectivity index (χ3n) is 3.22. The van der Waals surface area contributed by atoms with Crippen molar-refractivity contribution in [3.63, 3.8) is 0 Å². The SMILES string of the molecule is CC(C)(CCOC(C)(C)CC(=O)C(C)(C)C)OCC(N)=O. The summed E-state index contributed by atoms with van der Waals surface area (Å²) in [7, 11) is 0. The van der Waals surface area contributed by atoms with E-state index in [1.807, 2.05) is 48.5 Å². The third-order valence-corrected chi connectivity index (χ3v) is 3.22. The van der Waals surface area contributed by atoms with Crippen LogP contribution in [0.5, 0.6) is 0 Å². The van der Waals surface area contributed by atoms with Crippen molar-refractivity contribution in [2.75, 3.05) is 13.2 Å². The van der Waals surface area contributed by atoms with Gasteiger partial charge in [-0.2, -0.15) is 0 Å². The van der Waals surface area contributed by atoms with Gasteiger partial charge in [0.05, 0.1) is 17.8 Å². The molecule has 0 aromatic heterocycles. The molecule has 0 saturated heterocycles. The van der Waals surface area contributed by atoms with Crippen LogP contribution in [0.15, 0.2) is 0 Å². The van der Waals surface area contributed by atoms with Crippen LogP contribution in [0.25, 0.3) is 0 Å². The zero-order chi connectivity index (χ0) is 16.9. The van der Waals surface area contributed by atoms with E-state index in [2.05, 4.69) is 0 Å². The van der Waals surface area contributed by atoms with Crippen molar-refractivity contribution in [2.24, 2.45) is 11.1 Å². The summed E-state index contributed by atoms with van der Waals surface area (Å²) in [6, 6.07) is 0. The van der Waals surface area contributed by atoms with Crippen molar-refractivity contribution in [2.45, 2.75) is 72.5 Å². The Morgan fingerprint density at radius 2 is 1.43 bits per heavy atom. The fourth-order valence-corrected chi connectivity index (χ4v) is 1.61. The second kappa shape index (κ2) is 7.36. The molecule has 5 nitrogen and oxygen atoms in total. The molecule has 0 aromatic rings. The minimum atomic E-state index is -0.510. The first kappa shape index (κ1) is 20.1. The Morgan fingerprint density at radius 1 is 0.905 bits per heavy atom. The summed E-state index contributed by atoms with van der Waals surface area (Å²) in [6.45, 7) is 13.7. The Labute approximate surface area is 128 Å². The van der Waals surface area contributed by atoms with Gasteiger partial charge in [-0.05, 0) is 34.1 Å². The van der Waals surface area contributed by atoms with Crippen LogP contribution < -0.4 is 5.73 Å².